The second kappa shape index (κ2) is 7.76. The average molecular weight is 313 g/mol. The Morgan fingerprint density at radius 1 is 1.30 bits per heavy atom. The number of rotatable bonds is 6. The van der Waals surface area contributed by atoms with Gasteiger partial charge in [0.15, 0.2) is 0 Å². The molecule has 1 aromatic heterocycles. The number of aryl methyl sites for hydroxylation is 1. The van der Waals surface area contributed by atoms with Crippen molar-refractivity contribution in [2.45, 2.75) is 38.3 Å². The fourth-order valence-electron chi connectivity index (χ4n) is 3.09. The molecule has 1 atom stereocenters. The van der Waals surface area contributed by atoms with Gasteiger partial charge >= 0.3 is 6.03 Å². The predicted molar refractivity (Wildman–Crippen MR) is 87.9 cm³/mol. The standard InChI is InChI=1S/C17H23N5O/c23-17(19-9-5-10-21-14-18-13-20-21)22-11-4-8-16(22)12-15-6-2-1-3-7-15/h1-3,6-7,13-14,16H,4-5,8-12H2,(H,19,23)/t16-/m1/s1. The summed E-state index contributed by atoms with van der Waals surface area (Å²) >= 11 is 0. The Balaban J connectivity index is 1.44. The van der Waals surface area contributed by atoms with Gasteiger partial charge in [-0.2, -0.15) is 5.10 Å². The van der Waals surface area contributed by atoms with Gasteiger partial charge in [0.2, 0.25) is 0 Å². The van der Waals surface area contributed by atoms with Gasteiger partial charge in [0.25, 0.3) is 0 Å². The molecule has 1 aliphatic heterocycles. The Labute approximate surface area is 136 Å². The van der Waals surface area contributed by atoms with E-state index in [9.17, 15) is 4.79 Å². The molecule has 0 spiro atoms. The van der Waals surface area contributed by atoms with E-state index in [-0.39, 0.29) is 6.03 Å². The molecule has 3 rings (SSSR count). The number of likely N-dealkylation sites (tertiary alicyclic amines) is 1. The molecule has 2 aromatic rings. The summed E-state index contributed by atoms with van der Waals surface area (Å²) in [7, 11) is 0. The highest BCUT2D eigenvalue weighted by Crippen LogP contribution is 2.21. The smallest absolute Gasteiger partial charge is 0.317 e. The molecule has 0 unspecified atom stereocenters. The Morgan fingerprint density at radius 2 is 2.17 bits per heavy atom. The van der Waals surface area contributed by atoms with Crippen LogP contribution < -0.4 is 5.32 Å². The topological polar surface area (TPSA) is 63.1 Å². The number of carbonyl (C=O) groups is 1. The maximum Gasteiger partial charge on any atom is 0.317 e. The SMILES string of the molecule is O=C(NCCCn1cncn1)N1CCC[C@@H]1Cc1ccccc1. The first kappa shape index (κ1) is 15.5. The fourth-order valence-corrected chi connectivity index (χ4v) is 3.09. The number of urea groups is 1. The van der Waals surface area contributed by atoms with Crippen molar-refractivity contribution in [1.29, 1.82) is 0 Å². The summed E-state index contributed by atoms with van der Waals surface area (Å²) in [4.78, 5) is 18.3. The van der Waals surface area contributed by atoms with Crippen LogP contribution in [-0.2, 0) is 13.0 Å². The molecule has 1 fully saturated rings. The van der Waals surface area contributed by atoms with E-state index in [1.54, 1.807) is 11.0 Å². The Bertz CT molecular complexity index is 599. The molecule has 0 saturated carbocycles. The van der Waals surface area contributed by atoms with Crippen LogP contribution in [0.3, 0.4) is 0 Å². The number of aromatic nitrogens is 3. The highest BCUT2D eigenvalue weighted by atomic mass is 16.2. The molecule has 1 saturated heterocycles. The zero-order valence-electron chi connectivity index (χ0n) is 13.3. The summed E-state index contributed by atoms with van der Waals surface area (Å²) in [5.74, 6) is 0. The maximum absolute atomic E-state index is 12.4. The van der Waals surface area contributed by atoms with E-state index in [4.69, 9.17) is 0 Å². The van der Waals surface area contributed by atoms with Gasteiger partial charge in [0, 0.05) is 25.7 Å². The van der Waals surface area contributed by atoms with E-state index in [1.807, 2.05) is 11.0 Å². The van der Waals surface area contributed by atoms with Crippen LogP contribution in [0.25, 0.3) is 0 Å². The van der Waals surface area contributed by atoms with Crippen LogP contribution in [0, 0.1) is 0 Å². The fraction of sp³-hybridized carbons (Fsp3) is 0.471. The Hall–Kier alpha value is -2.37. The second-order valence-electron chi connectivity index (χ2n) is 5.92. The molecule has 23 heavy (non-hydrogen) atoms. The lowest BCUT2D eigenvalue weighted by molar-refractivity contribution is 0.192. The molecular weight excluding hydrogens is 290 g/mol. The zero-order valence-corrected chi connectivity index (χ0v) is 13.3. The third-order valence-corrected chi connectivity index (χ3v) is 4.26. The maximum atomic E-state index is 12.4. The van der Waals surface area contributed by atoms with Crippen molar-refractivity contribution in [3.8, 4) is 0 Å². The lowest BCUT2D eigenvalue weighted by Gasteiger charge is -2.25. The third kappa shape index (κ3) is 4.31. The van der Waals surface area contributed by atoms with Crippen LogP contribution in [0.4, 0.5) is 4.79 Å². The first-order valence-electron chi connectivity index (χ1n) is 8.24. The number of carbonyl (C=O) groups excluding carboxylic acids is 1. The van der Waals surface area contributed by atoms with Crippen molar-refractivity contribution in [2.24, 2.45) is 0 Å². The highest BCUT2D eigenvalue weighted by Gasteiger charge is 2.28. The molecule has 0 bridgehead atoms. The third-order valence-electron chi connectivity index (χ3n) is 4.26. The Morgan fingerprint density at radius 3 is 2.96 bits per heavy atom. The quantitative estimate of drug-likeness (QED) is 0.831. The monoisotopic (exact) mass is 313 g/mol. The Kier molecular flexibility index (Phi) is 5.24. The molecule has 1 aliphatic rings. The molecule has 2 heterocycles. The molecule has 1 N–H and O–H groups in total. The molecule has 6 nitrogen and oxygen atoms in total. The minimum Gasteiger partial charge on any atom is -0.338 e. The first-order valence-corrected chi connectivity index (χ1v) is 8.24. The van der Waals surface area contributed by atoms with E-state index in [0.717, 1.165) is 38.8 Å². The predicted octanol–water partition coefficient (Wildman–Crippen LogP) is 2.08. The normalized spacial score (nSPS) is 17.4. The first-order chi connectivity index (χ1) is 11.3. The zero-order chi connectivity index (χ0) is 15.9. The number of hydrogen-bond acceptors (Lipinski definition) is 3. The average Bonchev–Trinajstić information content (AvgIpc) is 3.24. The van der Waals surface area contributed by atoms with Gasteiger partial charge in [-0.05, 0) is 31.2 Å². The van der Waals surface area contributed by atoms with Crippen molar-refractivity contribution < 1.29 is 4.79 Å². The van der Waals surface area contributed by atoms with Crippen molar-refractivity contribution in [2.75, 3.05) is 13.1 Å². The van der Waals surface area contributed by atoms with E-state index in [1.165, 1.54) is 11.9 Å². The van der Waals surface area contributed by atoms with E-state index < -0.39 is 0 Å². The molecule has 2 amide bonds. The van der Waals surface area contributed by atoms with Crippen LogP contribution in [0.2, 0.25) is 0 Å². The second-order valence-corrected chi connectivity index (χ2v) is 5.92. The highest BCUT2D eigenvalue weighted by molar-refractivity contribution is 5.74. The van der Waals surface area contributed by atoms with Gasteiger partial charge in [0.05, 0.1) is 0 Å². The number of nitrogens with one attached hydrogen (secondary N) is 1. The molecule has 0 radical (unpaired) electrons. The van der Waals surface area contributed by atoms with Gasteiger partial charge in [-0.3, -0.25) is 4.68 Å². The summed E-state index contributed by atoms with van der Waals surface area (Å²) < 4.78 is 1.78. The lowest BCUT2D eigenvalue weighted by Crippen LogP contribution is -2.44. The molecule has 1 aromatic carbocycles. The number of benzene rings is 1. The van der Waals surface area contributed by atoms with Gasteiger partial charge in [-0.15, -0.1) is 0 Å². The largest absolute Gasteiger partial charge is 0.338 e. The van der Waals surface area contributed by atoms with Gasteiger partial charge in [-0.1, -0.05) is 30.3 Å². The summed E-state index contributed by atoms with van der Waals surface area (Å²) in [6, 6.07) is 10.8. The van der Waals surface area contributed by atoms with Gasteiger partial charge in [-0.25, -0.2) is 9.78 Å². The van der Waals surface area contributed by atoms with Crippen molar-refractivity contribution in [3.05, 3.63) is 48.5 Å². The van der Waals surface area contributed by atoms with Crippen molar-refractivity contribution >= 4 is 6.03 Å². The van der Waals surface area contributed by atoms with Crippen molar-refractivity contribution in [1.82, 2.24) is 25.0 Å². The number of nitrogens with zero attached hydrogens (tertiary/aromatic N) is 4. The summed E-state index contributed by atoms with van der Waals surface area (Å²) in [5, 5.41) is 7.08. The van der Waals surface area contributed by atoms with Crippen LogP contribution in [0.5, 0.6) is 0 Å². The van der Waals surface area contributed by atoms with Gasteiger partial charge in [0.1, 0.15) is 12.7 Å². The minimum absolute atomic E-state index is 0.0574. The van der Waals surface area contributed by atoms with E-state index in [0.29, 0.717) is 12.6 Å². The molecule has 0 aliphatic carbocycles. The van der Waals surface area contributed by atoms with E-state index in [2.05, 4.69) is 39.7 Å². The van der Waals surface area contributed by atoms with Crippen molar-refractivity contribution in [3.63, 3.8) is 0 Å². The number of amides is 2. The molecular formula is C17H23N5O. The van der Waals surface area contributed by atoms with Crippen LogP contribution in [-0.4, -0.2) is 44.8 Å². The van der Waals surface area contributed by atoms with Crippen LogP contribution >= 0.6 is 0 Å². The van der Waals surface area contributed by atoms with Crippen LogP contribution in [0.1, 0.15) is 24.8 Å². The lowest BCUT2D eigenvalue weighted by atomic mass is 10.0. The summed E-state index contributed by atoms with van der Waals surface area (Å²) in [6.45, 7) is 2.29. The van der Waals surface area contributed by atoms with Gasteiger partial charge < -0.3 is 10.2 Å². The van der Waals surface area contributed by atoms with E-state index >= 15 is 0 Å². The summed E-state index contributed by atoms with van der Waals surface area (Å²) in [5.41, 5.74) is 1.29. The summed E-state index contributed by atoms with van der Waals surface area (Å²) in [6.07, 6.45) is 7.18. The number of hydrogen-bond donors (Lipinski definition) is 1. The molecule has 122 valence electrons. The van der Waals surface area contributed by atoms with Crippen LogP contribution in [0.15, 0.2) is 43.0 Å². The molecule has 6 heteroatoms. The minimum atomic E-state index is 0.0574.